The summed E-state index contributed by atoms with van der Waals surface area (Å²) in [5.41, 5.74) is 2.88. The maximum atomic E-state index is 10.5. The molecule has 182 valence electrons. The maximum absolute atomic E-state index is 10.5. The van der Waals surface area contributed by atoms with E-state index in [0.717, 1.165) is 30.4 Å². The lowest BCUT2D eigenvalue weighted by atomic mass is 9.61. The quantitative estimate of drug-likeness (QED) is 0.471. The third kappa shape index (κ3) is 5.41. The summed E-state index contributed by atoms with van der Waals surface area (Å²) in [6, 6.07) is 0. The van der Waals surface area contributed by atoms with E-state index in [1.165, 1.54) is 31.3 Å². The third-order valence-electron chi connectivity index (χ3n) is 9.06. The highest BCUT2D eigenvalue weighted by molar-refractivity contribution is 5.38. The summed E-state index contributed by atoms with van der Waals surface area (Å²) in [5, 5.41) is 30.7. The van der Waals surface area contributed by atoms with Crippen LogP contribution < -0.4 is 0 Å². The lowest BCUT2D eigenvalue weighted by Crippen LogP contribution is -2.38. The minimum atomic E-state index is -0.694. The van der Waals surface area contributed by atoms with Crippen molar-refractivity contribution in [2.24, 2.45) is 23.2 Å². The molecule has 2 unspecified atom stereocenters. The Morgan fingerprint density at radius 1 is 1.22 bits per heavy atom. The summed E-state index contributed by atoms with van der Waals surface area (Å²) in [7, 11) is 0. The second-order valence-corrected chi connectivity index (χ2v) is 11.1. The number of aliphatic hydroxyl groups excluding tert-OH is 2. The number of hydrogen-bond donors (Lipinski definition) is 3. The van der Waals surface area contributed by atoms with Gasteiger partial charge in [0.1, 0.15) is 0 Å². The number of fused-ring (bicyclic) bond motifs is 1. The van der Waals surface area contributed by atoms with Gasteiger partial charge >= 0.3 is 0 Å². The van der Waals surface area contributed by atoms with Crippen LogP contribution in [0.3, 0.4) is 0 Å². The molecule has 3 N–H and O–H groups in total. The zero-order valence-electron chi connectivity index (χ0n) is 20.8. The van der Waals surface area contributed by atoms with Crippen LogP contribution in [-0.2, 0) is 4.74 Å². The topological polar surface area (TPSA) is 69.9 Å². The summed E-state index contributed by atoms with van der Waals surface area (Å²) in [5.74, 6) is 1.70. The molecular formula is C28H46O4. The Balaban J connectivity index is 1.67. The molecule has 6 atom stereocenters. The molecule has 0 saturated heterocycles. The summed E-state index contributed by atoms with van der Waals surface area (Å²) < 4.78 is 6.03. The second-order valence-electron chi connectivity index (χ2n) is 11.1. The highest BCUT2D eigenvalue weighted by atomic mass is 16.5. The first-order valence-corrected chi connectivity index (χ1v) is 12.9. The first kappa shape index (κ1) is 25.7. The Bertz CT molecular complexity index is 719. The molecule has 0 radical (unpaired) electrons. The Labute approximate surface area is 195 Å². The molecule has 0 heterocycles. The van der Waals surface area contributed by atoms with Gasteiger partial charge in [-0.15, -0.1) is 0 Å². The van der Waals surface area contributed by atoms with Crippen molar-refractivity contribution in [1.82, 2.24) is 0 Å². The third-order valence-corrected chi connectivity index (χ3v) is 9.06. The van der Waals surface area contributed by atoms with Crippen molar-refractivity contribution >= 4 is 0 Å². The largest absolute Gasteiger partial charge is 0.393 e. The van der Waals surface area contributed by atoms with Gasteiger partial charge in [-0.2, -0.15) is 0 Å². The minimum Gasteiger partial charge on any atom is -0.393 e. The van der Waals surface area contributed by atoms with Gasteiger partial charge in [-0.3, -0.25) is 0 Å². The molecule has 3 aliphatic rings. The summed E-state index contributed by atoms with van der Waals surface area (Å²) in [4.78, 5) is 0. The van der Waals surface area contributed by atoms with E-state index >= 15 is 0 Å². The summed E-state index contributed by atoms with van der Waals surface area (Å²) >= 11 is 0. The molecule has 3 rings (SSSR count). The van der Waals surface area contributed by atoms with E-state index in [2.05, 4.69) is 32.6 Å². The van der Waals surface area contributed by atoms with Crippen LogP contribution in [0.2, 0.25) is 0 Å². The molecule has 0 spiro atoms. The number of rotatable bonds is 8. The van der Waals surface area contributed by atoms with E-state index in [4.69, 9.17) is 4.74 Å². The van der Waals surface area contributed by atoms with Gasteiger partial charge < -0.3 is 20.1 Å². The van der Waals surface area contributed by atoms with Crippen LogP contribution in [-0.4, -0.2) is 46.3 Å². The molecule has 4 heteroatoms. The monoisotopic (exact) mass is 446 g/mol. The Hall–Kier alpha value is -0.940. The van der Waals surface area contributed by atoms with Gasteiger partial charge in [0.25, 0.3) is 0 Å². The van der Waals surface area contributed by atoms with Crippen molar-refractivity contribution in [3.05, 3.63) is 35.5 Å². The fourth-order valence-electron chi connectivity index (χ4n) is 6.68. The molecule has 0 amide bonds. The minimum absolute atomic E-state index is 0.291. The standard InChI is InChI=1S/C28H46O4/c1-6-28(31,7-2)18-32-17-19(3)24-12-13-25-21(9-8-14-27(24,25)5)10-11-22-15-23(29)16-26(30)20(22)4/h10-11,19,23-26,29-31H,4,6-9,12-18H2,1-3,5H3/b21-10+,22-11-/t19-,23-,24?,25?,26+,27-/m1/s1. The molecule has 0 aromatic rings. The highest BCUT2D eigenvalue weighted by Gasteiger charge is 2.50. The highest BCUT2D eigenvalue weighted by Crippen LogP contribution is 2.59. The number of allylic oxidation sites excluding steroid dienone is 3. The van der Waals surface area contributed by atoms with E-state index in [9.17, 15) is 15.3 Å². The van der Waals surface area contributed by atoms with Crippen molar-refractivity contribution in [1.29, 1.82) is 0 Å². The Morgan fingerprint density at radius 3 is 2.62 bits per heavy atom. The average molecular weight is 447 g/mol. The zero-order valence-corrected chi connectivity index (χ0v) is 20.8. The normalized spacial score (nSPS) is 37.2. The molecule has 3 fully saturated rings. The van der Waals surface area contributed by atoms with Crippen molar-refractivity contribution in [2.45, 2.75) is 103 Å². The van der Waals surface area contributed by atoms with Gasteiger partial charge in [-0.25, -0.2) is 0 Å². The van der Waals surface area contributed by atoms with E-state index < -0.39 is 17.8 Å². The molecular weight excluding hydrogens is 400 g/mol. The number of hydrogen-bond acceptors (Lipinski definition) is 4. The molecule has 0 aromatic heterocycles. The molecule has 3 saturated carbocycles. The molecule has 0 aliphatic heterocycles. The molecule has 0 aromatic carbocycles. The molecule has 32 heavy (non-hydrogen) atoms. The van der Waals surface area contributed by atoms with Gasteiger partial charge in [0, 0.05) is 13.0 Å². The Morgan fingerprint density at radius 2 is 1.94 bits per heavy atom. The predicted octanol–water partition coefficient (Wildman–Crippen LogP) is 5.33. The second kappa shape index (κ2) is 10.5. The maximum Gasteiger partial charge on any atom is 0.0874 e. The van der Waals surface area contributed by atoms with Gasteiger partial charge in [0.15, 0.2) is 0 Å². The fourth-order valence-corrected chi connectivity index (χ4v) is 6.68. The lowest BCUT2D eigenvalue weighted by Gasteiger charge is -2.44. The van der Waals surface area contributed by atoms with Crippen LogP contribution in [0.15, 0.2) is 35.5 Å². The SMILES string of the molecule is C=C1/C(=C\C=C2/CCC[C@@]3(C)C2CCC3[C@H](C)COCC(O)(CC)CC)C[C@@H](O)C[C@@H]1O. The first-order chi connectivity index (χ1) is 15.1. The van der Waals surface area contributed by atoms with Gasteiger partial charge in [-0.1, -0.05) is 52.0 Å². The molecule has 3 aliphatic carbocycles. The molecule has 0 bridgehead atoms. The summed E-state index contributed by atoms with van der Waals surface area (Å²) in [6.07, 6.45) is 11.8. The van der Waals surface area contributed by atoms with Crippen molar-refractivity contribution in [2.75, 3.05) is 13.2 Å². The zero-order chi connectivity index (χ0) is 23.5. The van der Waals surface area contributed by atoms with Crippen LogP contribution in [0.5, 0.6) is 0 Å². The van der Waals surface area contributed by atoms with Crippen LogP contribution in [0, 0.1) is 23.2 Å². The van der Waals surface area contributed by atoms with E-state index in [-0.39, 0.29) is 0 Å². The molecule has 4 nitrogen and oxygen atoms in total. The van der Waals surface area contributed by atoms with Gasteiger partial charge in [0.2, 0.25) is 0 Å². The van der Waals surface area contributed by atoms with Crippen molar-refractivity contribution in [3.8, 4) is 0 Å². The first-order valence-electron chi connectivity index (χ1n) is 12.9. The van der Waals surface area contributed by atoms with Crippen molar-refractivity contribution in [3.63, 3.8) is 0 Å². The smallest absolute Gasteiger partial charge is 0.0874 e. The van der Waals surface area contributed by atoms with E-state index in [0.29, 0.717) is 49.2 Å². The van der Waals surface area contributed by atoms with Crippen LogP contribution in [0.1, 0.15) is 85.5 Å². The fraction of sp³-hybridized carbons (Fsp3) is 0.786. The van der Waals surface area contributed by atoms with E-state index in [1.807, 2.05) is 13.8 Å². The van der Waals surface area contributed by atoms with Gasteiger partial charge in [-0.05, 0) is 85.7 Å². The summed E-state index contributed by atoms with van der Waals surface area (Å²) in [6.45, 7) is 14.0. The van der Waals surface area contributed by atoms with Gasteiger partial charge in [0.05, 0.1) is 24.4 Å². The van der Waals surface area contributed by atoms with E-state index in [1.54, 1.807) is 0 Å². The predicted molar refractivity (Wildman–Crippen MR) is 130 cm³/mol. The average Bonchev–Trinajstić information content (AvgIpc) is 3.12. The lowest BCUT2D eigenvalue weighted by molar-refractivity contribution is -0.0663. The number of ether oxygens (including phenoxy) is 1. The van der Waals surface area contributed by atoms with Crippen LogP contribution in [0.4, 0.5) is 0 Å². The Kier molecular flexibility index (Phi) is 8.46. The van der Waals surface area contributed by atoms with Crippen LogP contribution in [0.25, 0.3) is 0 Å². The van der Waals surface area contributed by atoms with Crippen molar-refractivity contribution < 1.29 is 20.1 Å². The van der Waals surface area contributed by atoms with Crippen LogP contribution >= 0.6 is 0 Å². The number of aliphatic hydroxyl groups is 3.